The van der Waals surface area contributed by atoms with Crippen LogP contribution in [0.25, 0.3) is 0 Å². The fourth-order valence-electron chi connectivity index (χ4n) is 5.88. The third kappa shape index (κ3) is 12.0. The number of methoxy groups -OCH3 is 4. The molecule has 0 bridgehead atoms. The van der Waals surface area contributed by atoms with Crippen molar-refractivity contribution in [1.29, 1.82) is 5.26 Å². The van der Waals surface area contributed by atoms with E-state index in [0.29, 0.717) is 24.5 Å². The van der Waals surface area contributed by atoms with Crippen molar-refractivity contribution in [2.24, 2.45) is 10.2 Å². The summed E-state index contributed by atoms with van der Waals surface area (Å²) in [5.74, 6) is 2.78. The number of aryl methyl sites for hydroxylation is 1. The zero-order valence-corrected chi connectivity index (χ0v) is 28.3. The molecule has 0 heterocycles. The number of ether oxygens (including phenoxy) is 4. The summed E-state index contributed by atoms with van der Waals surface area (Å²) in [4.78, 5) is 0. The molecular formula is C37H57N3O4. The number of nitrogens with zero attached hydrogens (tertiary/aromatic N) is 3. The summed E-state index contributed by atoms with van der Waals surface area (Å²) in [7, 11) is 6.59. The van der Waals surface area contributed by atoms with Crippen molar-refractivity contribution in [3.05, 3.63) is 47.5 Å². The van der Waals surface area contributed by atoms with E-state index in [9.17, 15) is 5.26 Å². The molecule has 0 N–H and O–H groups in total. The van der Waals surface area contributed by atoms with Crippen LogP contribution >= 0.6 is 0 Å². The first kappa shape index (κ1) is 36.9. The lowest BCUT2D eigenvalue weighted by atomic mass is 9.73. The standard InChI is InChI=1S/C37H57N3O4/c1-7-9-10-11-12-13-14-15-16-17-25-37(29-38,31-20-23-34(42-4)36(28-31)44-6)26-24-32(40-39-8-2)21-18-30-19-22-33(41-3)35(27-30)43-5/h19-20,22-23,27-28,32H,7-18,21,24-26H2,1-6H3/b40-39+. The monoisotopic (exact) mass is 607 g/mol. The van der Waals surface area contributed by atoms with Crippen molar-refractivity contribution in [3.8, 4) is 29.1 Å². The number of azo groups is 1. The Morgan fingerprint density at radius 3 is 1.82 bits per heavy atom. The van der Waals surface area contributed by atoms with Crippen LogP contribution < -0.4 is 18.9 Å². The van der Waals surface area contributed by atoms with Gasteiger partial charge < -0.3 is 18.9 Å². The minimum atomic E-state index is -0.636. The van der Waals surface area contributed by atoms with Crippen molar-refractivity contribution in [3.63, 3.8) is 0 Å². The van der Waals surface area contributed by atoms with Crippen LogP contribution in [0.2, 0.25) is 0 Å². The zero-order chi connectivity index (χ0) is 32.0. The molecular weight excluding hydrogens is 550 g/mol. The van der Waals surface area contributed by atoms with Gasteiger partial charge in [0.25, 0.3) is 0 Å². The van der Waals surface area contributed by atoms with Gasteiger partial charge in [0.05, 0.1) is 52.5 Å². The predicted octanol–water partition coefficient (Wildman–Crippen LogP) is 10.0. The van der Waals surface area contributed by atoms with Gasteiger partial charge in [-0.1, -0.05) is 83.3 Å². The van der Waals surface area contributed by atoms with Crippen molar-refractivity contribution in [2.75, 3.05) is 35.0 Å². The van der Waals surface area contributed by atoms with E-state index in [2.05, 4.69) is 24.2 Å². The molecule has 7 heteroatoms. The number of rotatable bonds is 24. The third-order valence-electron chi connectivity index (χ3n) is 8.61. The molecule has 0 fully saturated rings. The maximum atomic E-state index is 10.8. The lowest BCUT2D eigenvalue weighted by Crippen LogP contribution is -2.26. The minimum Gasteiger partial charge on any atom is -0.493 e. The van der Waals surface area contributed by atoms with Gasteiger partial charge in [-0.25, -0.2) is 0 Å². The molecule has 0 spiro atoms. The first-order valence-corrected chi connectivity index (χ1v) is 16.7. The first-order valence-electron chi connectivity index (χ1n) is 16.7. The Hall–Kier alpha value is -3.27. The Balaban J connectivity index is 2.15. The average molecular weight is 608 g/mol. The largest absolute Gasteiger partial charge is 0.493 e. The summed E-state index contributed by atoms with van der Waals surface area (Å²) in [5.41, 5.74) is 1.51. The van der Waals surface area contributed by atoms with E-state index in [1.165, 1.54) is 51.4 Å². The van der Waals surface area contributed by atoms with Crippen molar-refractivity contribution < 1.29 is 18.9 Å². The number of hydrogen-bond donors (Lipinski definition) is 0. The molecule has 2 aromatic carbocycles. The molecule has 0 saturated heterocycles. The van der Waals surface area contributed by atoms with Gasteiger partial charge in [0.15, 0.2) is 23.0 Å². The molecule has 244 valence electrons. The summed E-state index contributed by atoms with van der Waals surface area (Å²) in [5, 5.41) is 19.8. The Kier molecular flexibility index (Phi) is 18.0. The van der Waals surface area contributed by atoms with E-state index >= 15 is 0 Å². The summed E-state index contributed by atoms with van der Waals surface area (Å²) in [6, 6.07) is 14.8. The molecule has 2 atom stereocenters. The van der Waals surface area contributed by atoms with Crippen LogP contribution in [0, 0.1) is 11.3 Å². The number of unbranched alkanes of at least 4 members (excludes halogenated alkanes) is 9. The molecule has 0 aliphatic carbocycles. The summed E-state index contributed by atoms with van der Waals surface area (Å²) < 4.78 is 22.0. The fourth-order valence-corrected chi connectivity index (χ4v) is 5.88. The maximum absolute atomic E-state index is 10.8. The molecule has 2 rings (SSSR count). The van der Waals surface area contributed by atoms with Crippen molar-refractivity contribution in [2.45, 2.75) is 122 Å². The topological polar surface area (TPSA) is 85.4 Å². The molecule has 2 unspecified atom stereocenters. The Morgan fingerprint density at radius 1 is 0.682 bits per heavy atom. The molecule has 0 aromatic heterocycles. The Morgan fingerprint density at radius 2 is 1.25 bits per heavy atom. The Bertz CT molecular complexity index is 1150. The van der Waals surface area contributed by atoms with Crippen molar-refractivity contribution in [1.82, 2.24) is 0 Å². The molecule has 0 aliphatic rings. The smallest absolute Gasteiger partial charge is 0.161 e. The predicted molar refractivity (Wildman–Crippen MR) is 180 cm³/mol. The van der Waals surface area contributed by atoms with Gasteiger partial charge in [0.1, 0.15) is 0 Å². The Labute approximate surface area is 267 Å². The van der Waals surface area contributed by atoms with Gasteiger partial charge in [-0.2, -0.15) is 15.5 Å². The quantitative estimate of drug-likeness (QED) is 0.0875. The second kappa shape index (κ2) is 21.4. The van der Waals surface area contributed by atoms with Gasteiger partial charge in [-0.05, 0) is 74.4 Å². The SMILES string of the molecule is CCCCCCCCCCCCC(C#N)(CCC(CCc1ccc(OC)c(OC)c1)/N=N/CC)c1ccc(OC)c(OC)c1. The third-order valence-corrected chi connectivity index (χ3v) is 8.61. The van der Waals surface area contributed by atoms with E-state index in [1.807, 2.05) is 37.3 Å². The van der Waals surface area contributed by atoms with E-state index in [-0.39, 0.29) is 6.04 Å². The minimum absolute atomic E-state index is 0.0172. The lowest BCUT2D eigenvalue weighted by Gasteiger charge is -2.29. The van der Waals surface area contributed by atoms with Crippen LogP contribution in [0.15, 0.2) is 46.6 Å². The molecule has 0 saturated carbocycles. The molecule has 44 heavy (non-hydrogen) atoms. The molecule has 0 aliphatic heterocycles. The number of benzene rings is 2. The highest BCUT2D eigenvalue weighted by molar-refractivity contribution is 5.47. The second-order valence-electron chi connectivity index (χ2n) is 11.7. The van der Waals surface area contributed by atoms with Crippen LogP contribution in [0.4, 0.5) is 0 Å². The fraction of sp³-hybridized carbons (Fsp3) is 0.649. The van der Waals surface area contributed by atoms with Crippen LogP contribution in [0.3, 0.4) is 0 Å². The zero-order valence-electron chi connectivity index (χ0n) is 28.3. The van der Waals surface area contributed by atoms with E-state index in [0.717, 1.165) is 61.2 Å². The summed E-state index contributed by atoms with van der Waals surface area (Å²) >= 11 is 0. The van der Waals surface area contributed by atoms with Crippen LogP contribution in [0.5, 0.6) is 23.0 Å². The van der Waals surface area contributed by atoms with Crippen LogP contribution in [0.1, 0.15) is 115 Å². The van der Waals surface area contributed by atoms with E-state index < -0.39 is 5.41 Å². The van der Waals surface area contributed by atoms with Gasteiger partial charge >= 0.3 is 0 Å². The molecule has 2 aromatic rings. The highest BCUT2D eigenvalue weighted by Crippen LogP contribution is 2.40. The van der Waals surface area contributed by atoms with Crippen molar-refractivity contribution >= 4 is 0 Å². The normalized spacial score (nSPS) is 13.3. The van der Waals surface area contributed by atoms with Crippen LogP contribution in [-0.4, -0.2) is 41.0 Å². The van der Waals surface area contributed by atoms with Gasteiger partial charge in [-0.3, -0.25) is 0 Å². The maximum Gasteiger partial charge on any atom is 0.161 e. The number of nitriles is 1. The molecule has 7 nitrogen and oxygen atoms in total. The summed E-state index contributed by atoms with van der Waals surface area (Å²) in [6.07, 6.45) is 16.6. The van der Waals surface area contributed by atoms with Gasteiger partial charge in [0.2, 0.25) is 0 Å². The van der Waals surface area contributed by atoms with E-state index in [4.69, 9.17) is 24.1 Å². The highest BCUT2D eigenvalue weighted by Gasteiger charge is 2.33. The second-order valence-corrected chi connectivity index (χ2v) is 11.7. The average Bonchev–Trinajstić information content (AvgIpc) is 3.07. The number of hydrogen-bond acceptors (Lipinski definition) is 7. The first-order chi connectivity index (χ1) is 21.5. The van der Waals surface area contributed by atoms with E-state index in [1.54, 1.807) is 28.4 Å². The van der Waals surface area contributed by atoms with Crippen LogP contribution in [-0.2, 0) is 11.8 Å². The molecule has 0 amide bonds. The highest BCUT2D eigenvalue weighted by atomic mass is 16.5. The lowest BCUT2D eigenvalue weighted by molar-refractivity contribution is 0.350. The van der Waals surface area contributed by atoms with Gasteiger partial charge in [0, 0.05) is 0 Å². The van der Waals surface area contributed by atoms with Gasteiger partial charge in [-0.15, -0.1) is 0 Å². The molecule has 0 radical (unpaired) electrons. The summed E-state index contributed by atoms with van der Waals surface area (Å²) in [6.45, 7) is 4.91.